The second kappa shape index (κ2) is 12.0. The summed E-state index contributed by atoms with van der Waals surface area (Å²) in [6, 6.07) is 0. The van der Waals surface area contributed by atoms with E-state index in [0.29, 0.717) is 31.8 Å². The van der Waals surface area contributed by atoms with Crippen molar-refractivity contribution in [1.29, 1.82) is 0 Å². The van der Waals surface area contributed by atoms with Gasteiger partial charge in [0.15, 0.2) is 0 Å². The summed E-state index contributed by atoms with van der Waals surface area (Å²) in [6.45, 7) is 3.37. The van der Waals surface area contributed by atoms with E-state index in [1.807, 2.05) is 0 Å². The molecule has 0 fully saturated rings. The summed E-state index contributed by atoms with van der Waals surface area (Å²) in [5.74, 6) is -0.278. The average molecular weight is 272 g/mol. The minimum absolute atomic E-state index is 0.0712. The van der Waals surface area contributed by atoms with E-state index < -0.39 is 5.97 Å². The minimum Gasteiger partial charge on any atom is -0.481 e. The van der Waals surface area contributed by atoms with Crippen molar-refractivity contribution in [3.63, 3.8) is 0 Å². The fourth-order valence-corrected chi connectivity index (χ4v) is 2.10. The van der Waals surface area contributed by atoms with E-state index in [0.717, 1.165) is 32.1 Å². The highest BCUT2D eigenvalue weighted by Crippen LogP contribution is 2.17. The molecule has 5 heteroatoms. The van der Waals surface area contributed by atoms with Crippen molar-refractivity contribution in [3.8, 4) is 0 Å². The van der Waals surface area contributed by atoms with Gasteiger partial charge in [0.2, 0.25) is 5.91 Å². The topological polar surface area (TPSA) is 92.4 Å². The van der Waals surface area contributed by atoms with Crippen LogP contribution in [0, 0.1) is 5.92 Å². The van der Waals surface area contributed by atoms with E-state index in [4.69, 9.17) is 10.8 Å². The third-order valence-corrected chi connectivity index (χ3v) is 3.20. The lowest BCUT2D eigenvalue weighted by Gasteiger charge is -2.15. The molecular weight excluding hydrogens is 244 g/mol. The van der Waals surface area contributed by atoms with E-state index >= 15 is 0 Å². The molecule has 0 spiro atoms. The highest BCUT2D eigenvalue weighted by Gasteiger charge is 2.10. The van der Waals surface area contributed by atoms with E-state index in [-0.39, 0.29) is 12.3 Å². The fourth-order valence-electron chi connectivity index (χ4n) is 2.10. The molecule has 1 unspecified atom stereocenters. The number of hydrogen-bond acceptors (Lipinski definition) is 3. The molecule has 1 amide bonds. The smallest absolute Gasteiger partial charge is 0.303 e. The Kier molecular flexibility index (Phi) is 11.3. The lowest BCUT2D eigenvalue weighted by Crippen LogP contribution is -2.26. The molecule has 0 aliphatic heterocycles. The Hall–Kier alpha value is -1.10. The van der Waals surface area contributed by atoms with Gasteiger partial charge < -0.3 is 16.2 Å². The molecule has 0 radical (unpaired) electrons. The Balaban J connectivity index is 3.72. The first kappa shape index (κ1) is 17.9. The zero-order valence-corrected chi connectivity index (χ0v) is 12.0. The van der Waals surface area contributed by atoms with Gasteiger partial charge in [-0.1, -0.05) is 19.8 Å². The molecule has 0 heterocycles. The molecule has 0 aromatic heterocycles. The van der Waals surface area contributed by atoms with E-state index in [1.54, 1.807) is 0 Å². The summed E-state index contributed by atoms with van der Waals surface area (Å²) in [7, 11) is 0. The van der Waals surface area contributed by atoms with Gasteiger partial charge in [0, 0.05) is 19.4 Å². The van der Waals surface area contributed by atoms with Crippen LogP contribution >= 0.6 is 0 Å². The molecule has 0 aliphatic carbocycles. The van der Waals surface area contributed by atoms with Crippen LogP contribution in [0.15, 0.2) is 0 Å². The molecule has 1 atom stereocenters. The number of nitrogens with two attached hydrogens (primary N) is 1. The van der Waals surface area contributed by atoms with Crippen molar-refractivity contribution < 1.29 is 14.7 Å². The van der Waals surface area contributed by atoms with Gasteiger partial charge in [-0.2, -0.15) is 0 Å². The summed E-state index contributed by atoms with van der Waals surface area (Å²) >= 11 is 0. The van der Waals surface area contributed by atoms with Gasteiger partial charge in [-0.05, 0) is 38.1 Å². The second-order valence-electron chi connectivity index (χ2n) is 4.97. The molecule has 0 rings (SSSR count). The number of carboxylic acid groups (broad SMARTS) is 1. The van der Waals surface area contributed by atoms with Crippen molar-refractivity contribution in [3.05, 3.63) is 0 Å². The van der Waals surface area contributed by atoms with Crippen molar-refractivity contribution >= 4 is 11.9 Å². The molecule has 5 nitrogen and oxygen atoms in total. The summed E-state index contributed by atoms with van der Waals surface area (Å²) in [4.78, 5) is 22.0. The Morgan fingerprint density at radius 3 is 2.47 bits per heavy atom. The van der Waals surface area contributed by atoms with Gasteiger partial charge in [-0.15, -0.1) is 0 Å². The Morgan fingerprint density at radius 2 is 1.89 bits per heavy atom. The van der Waals surface area contributed by atoms with Crippen molar-refractivity contribution in [1.82, 2.24) is 5.32 Å². The van der Waals surface area contributed by atoms with E-state index in [2.05, 4.69) is 12.2 Å². The highest BCUT2D eigenvalue weighted by atomic mass is 16.4. The summed E-state index contributed by atoms with van der Waals surface area (Å²) in [5, 5.41) is 11.6. The molecule has 19 heavy (non-hydrogen) atoms. The lowest BCUT2D eigenvalue weighted by atomic mass is 9.94. The van der Waals surface area contributed by atoms with Crippen LogP contribution in [0.3, 0.4) is 0 Å². The summed E-state index contributed by atoms with van der Waals surface area (Å²) in [5.41, 5.74) is 5.37. The third-order valence-electron chi connectivity index (χ3n) is 3.20. The van der Waals surface area contributed by atoms with Crippen LogP contribution in [0.4, 0.5) is 0 Å². The Morgan fingerprint density at radius 1 is 1.16 bits per heavy atom. The molecule has 0 aromatic carbocycles. The van der Waals surface area contributed by atoms with Crippen LogP contribution in [0.1, 0.15) is 58.3 Å². The molecule has 0 aliphatic rings. The van der Waals surface area contributed by atoms with Gasteiger partial charge in [0.05, 0.1) is 0 Å². The lowest BCUT2D eigenvalue weighted by molar-refractivity contribution is -0.137. The monoisotopic (exact) mass is 272 g/mol. The standard InChI is InChI=1S/C14H28N2O3/c1-2-5-12(7-8-14(18)19)9-11-16-13(17)6-3-4-10-15/h12H,2-11,15H2,1H3,(H,16,17)(H,18,19). The third kappa shape index (κ3) is 11.7. The number of carbonyl (C=O) groups excluding carboxylic acids is 1. The number of hydrogen-bond donors (Lipinski definition) is 3. The number of rotatable bonds is 12. The van der Waals surface area contributed by atoms with Crippen LogP contribution in [0.25, 0.3) is 0 Å². The number of aliphatic carboxylic acids is 1. The maximum absolute atomic E-state index is 11.5. The first-order valence-corrected chi connectivity index (χ1v) is 7.28. The number of unbranched alkanes of at least 4 members (excludes halogenated alkanes) is 1. The first-order valence-electron chi connectivity index (χ1n) is 7.28. The molecule has 4 N–H and O–H groups in total. The molecule has 0 aromatic rings. The minimum atomic E-state index is -0.744. The SMILES string of the molecule is CCCC(CCNC(=O)CCCCN)CCC(=O)O. The first-order chi connectivity index (χ1) is 9.10. The maximum Gasteiger partial charge on any atom is 0.303 e. The molecule has 112 valence electrons. The second-order valence-corrected chi connectivity index (χ2v) is 4.97. The number of nitrogens with one attached hydrogen (secondary N) is 1. The van der Waals surface area contributed by atoms with E-state index in [1.165, 1.54) is 0 Å². The normalized spacial score (nSPS) is 12.1. The van der Waals surface area contributed by atoms with Gasteiger partial charge in [0.1, 0.15) is 0 Å². The number of carboxylic acids is 1. The molecular formula is C14H28N2O3. The van der Waals surface area contributed by atoms with Crippen LogP contribution in [-0.4, -0.2) is 30.1 Å². The fraction of sp³-hybridized carbons (Fsp3) is 0.857. The van der Waals surface area contributed by atoms with Crippen LogP contribution in [0.2, 0.25) is 0 Å². The zero-order chi connectivity index (χ0) is 14.5. The van der Waals surface area contributed by atoms with Crippen LogP contribution < -0.4 is 11.1 Å². The highest BCUT2D eigenvalue weighted by molar-refractivity contribution is 5.75. The maximum atomic E-state index is 11.5. The van der Waals surface area contributed by atoms with Gasteiger partial charge in [-0.25, -0.2) is 0 Å². The van der Waals surface area contributed by atoms with Crippen molar-refractivity contribution in [2.75, 3.05) is 13.1 Å². The Labute approximate surface area is 115 Å². The largest absolute Gasteiger partial charge is 0.481 e. The molecule has 0 saturated carbocycles. The number of carbonyl (C=O) groups is 2. The average Bonchev–Trinajstić information content (AvgIpc) is 2.36. The van der Waals surface area contributed by atoms with E-state index in [9.17, 15) is 9.59 Å². The van der Waals surface area contributed by atoms with Crippen LogP contribution in [0.5, 0.6) is 0 Å². The van der Waals surface area contributed by atoms with Gasteiger partial charge in [-0.3, -0.25) is 9.59 Å². The molecule has 0 bridgehead atoms. The zero-order valence-electron chi connectivity index (χ0n) is 12.0. The van der Waals surface area contributed by atoms with Gasteiger partial charge >= 0.3 is 5.97 Å². The molecule has 0 saturated heterocycles. The van der Waals surface area contributed by atoms with Gasteiger partial charge in [0.25, 0.3) is 0 Å². The van der Waals surface area contributed by atoms with Crippen LogP contribution in [-0.2, 0) is 9.59 Å². The number of amides is 1. The predicted octanol–water partition coefficient (Wildman–Crippen LogP) is 1.90. The summed E-state index contributed by atoms with van der Waals surface area (Å²) < 4.78 is 0. The summed E-state index contributed by atoms with van der Waals surface area (Å²) in [6.07, 6.45) is 6.10. The van der Waals surface area contributed by atoms with Crippen molar-refractivity contribution in [2.24, 2.45) is 11.7 Å². The van der Waals surface area contributed by atoms with Crippen molar-refractivity contribution in [2.45, 2.75) is 58.3 Å². The quantitative estimate of drug-likeness (QED) is 0.473. The predicted molar refractivity (Wildman–Crippen MR) is 75.8 cm³/mol. The Bertz CT molecular complexity index is 257.